The van der Waals surface area contributed by atoms with Crippen molar-refractivity contribution in [1.82, 2.24) is 0 Å². The monoisotopic (exact) mass is 484 g/mol. The van der Waals surface area contributed by atoms with Crippen molar-refractivity contribution >= 4 is 33.3 Å². The van der Waals surface area contributed by atoms with Gasteiger partial charge in [-0.05, 0) is 42.8 Å². The SMILES string of the molecule is COC(=O)c1cc(OC)c(OC)cc1NS(=O)(=O)c1ccc(NC(=O)c2ccccc2)c(C)c1. The first-order valence-electron chi connectivity index (χ1n) is 10.0. The number of methoxy groups -OCH3 is 3. The van der Waals surface area contributed by atoms with Gasteiger partial charge in [-0.25, -0.2) is 13.2 Å². The zero-order chi connectivity index (χ0) is 24.9. The molecular formula is C24H24N2O7S. The Morgan fingerprint density at radius 2 is 1.47 bits per heavy atom. The third-order valence-corrected chi connectivity index (χ3v) is 6.33. The van der Waals surface area contributed by atoms with E-state index in [1.54, 1.807) is 37.3 Å². The predicted molar refractivity (Wildman–Crippen MR) is 127 cm³/mol. The van der Waals surface area contributed by atoms with Gasteiger partial charge < -0.3 is 19.5 Å². The molecule has 0 bridgehead atoms. The van der Waals surface area contributed by atoms with Crippen LogP contribution in [-0.4, -0.2) is 41.6 Å². The van der Waals surface area contributed by atoms with Crippen LogP contribution < -0.4 is 19.5 Å². The molecule has 0 saturated carbocycles. The van der Waals surface area contributed by atoms with Crippen molar-refractivity contribution in [2.24, 2.45) is 0 Å². The van der Waals surface area contributed by atoms with Crippen molar-refractivity contribution in [2.75, 3.05) is 31.4 Å². The average Bonchev–Trinajstić information content (AvgIpc) is 2.84. The highest BCUT2D eigenvalue weighted by molar-refractivity contribution is 7.92. The lowest BCUT2D eigenvalue weighted by molar-refractivity contribution is 0.0601. The van der Waals surface area contributed by atoms with Crippen molar-refractivity contribution < 1.29 is 32.2 Å². The average molecular weight is 485 g/mol. The van der Waals surface area contributed by atoms with Crippen LogP contribution in [0.4, 0.5) is 11.4 Å². The minimum absolute atomic E-state index is 0.0383. The smallest absolute Gasteiger partial charge is 0.340 e. The Morgan fingerprint density at radius 1 is 0.824 bits per heavy atom. The predicted octanol–water partition coefficient (Wildman–Crippen LogP) is 3.85. The summed E-state index contributed by atoms with van der Waals surface area (Å²) in [5, 5.41) is 2.77. The van der Waals surface area contributed by atoms with Crippen molar-refractivity contribution in [3.05, 3.63) is 77.4 Å². The molecule has 1 amide bonds. The molecule has 0 fully saturated rings. The van der Waals surface area contributed by atoms with E-state index >= 15 is 0 Å². The zero-order valence-corrected chi connectivity index (χ0v) is 19.9. The van der Waals surface area contributed by atoms with Gasteiger partial charge in [0.2, 0.25) is 0 Å². The molecule has 0 saturated heterocycles. The van der Waals surface area contributed by atoms with Gasteiger partial charge in [0.05, 0.1) is 37.5 Å². The van der Waals surface area contributed by atoms with Crippen molar-refractivity contribution in [2.45, 2.75) is 11.8 Å². The number of carbonyl (C=O) groups is 2. The van der Waals surface area contributed by atoms with E-state index in [0.29, 0.717) is 16.8 Å². The number of benzene rings is 3. The van der Waals surface area contributed by atoms with Crippen LogP contribution in [0.15, 0.2) is 65.6 Å². The first-order valence-corrected chi connectivity index (χ1v) is 11.5. The van der Waals surface area contributed by atoms with Crippen LogP contribution in [0.25, 0.3) is 0 Å². The summed E-state index contributed by atoms with van der Waals surface area (Å²) in [4.78, 5) is 24.6. The van der Waals surface area contributed by atoms with Gasteiger partial charge in [0.15, 0.2) is 11.5 Å². The number of amides is 1. The summed E-state index contributed by atoms with van der Waals surface area (Å²) in [5.41, 5.74) is 1.39. The Morgan fingerprint density at radius 3 is 2.06 bits per heavy atom. The molecule has 3 rings (SSSR count). The highest BCUT2D eigenvalue weighted by atomic mass is 32.2. The number of esters is 1. The lowest BCUT2D eigenvalue weighted by Crippen LogP contribution is -2.17. The number of nitrogens with one attached hydrogen (secondary N) is 2. The Hall–Kier alpha value is -4.05. The van der Waals surface area contributed by atoms with E-state index in [0.717, 1.165) is 0 Å². The third kappa shape index (κ3) is 5.29. The third-order valence-electron chi connectivity index (χ3n) is 4.97. The Kier molecular flexibility index (Phi) is 7.42. The summed E-state index contributed by atoms with van der Waals surface area (Å²) in [6, 6.07) is 15.6. The van der Waals surface area contributed by atoms with Gasteiger partial charge in [0, 0.05) is 23.4 Å². The summed E-state index contributed by atoms with van der Waals surface area (Å²) in [7, 11) is -0.144. The number of hydrogen-bond donors (Lipinski definition) is 2. The fourth-order valence-electron chi connectivity index (χ4n) is 3.17. The number of ether oxygens (including phenoxy) is 3. The molecule has 0 heterocycles. The maximum atomic E-state index is 13.1. The normalized spacial score (nSPS) is 10.8. The molecule has 178 valence electrons. The summed E-state index contributed by atoms with van der Waals surface area (Å²) in [5.74, 6) is -0.609. The number of anilines is 2. The first kappa shape index (κ1) is 24.6. The van der Waals surface area contributed by atoms with E-state index in [1.807, 2.05) is 0 Å². The van der Waals surface area contributed by atoms with Crippen molar-refractivity contribution in [3.8, 4) is 11.5 Å². The van der Waals surface area contributed by atoms with E-state index in [2.05, 4.69) is 10.0 Å². The van der Waals surface area contributed by atoms with Crippen molar-refractivity contribution in [3.63, 3.8) is 0 Å². The molecule has 0 spiro atoms. The van der Waals surface area contributed by atoms with Gasteiger partial charge in [0.25, 0.3) is 15.9 Å². The topological polar surface area (TPSA) is 120 Å². The maximum absolute atomic E-state index is 13.1. The van der Waals surface area contributed by atoms with Gasteiger partial charge in [-0.1, -0.05) is 18.2 Å². The van der Waals surface area contributed by atoms with Crippen LogP contribution >= 0.6 is 0 Å². The number of rotatable bonds is 8. The van der Waals surface area contributed by atoms with E-state index < -0.39 is 16.0 Å². The molecule has 34 heavy (non-hydrogen) atoms. The fraction of sp³-hybridized carbons (Fsp3) is 0.167. The maximum Gasteiger partial charge on any atom is 0.340 e. The summed E-state index contributed by atoms with van der Waals surface area (Å²) in [6.45, 7) is 1.68. The molecule has 0 aliphatic carbocycles. The molecule has 9 nitrogen and oxygen atoms in total. The molecule has 3 aromatic rings. The number of carbonyl (C=O) groups excluding carboxylic acids is 2. The van der Waals surface area contributed by atoms with Gasteiger partial charge in [0.1, 0.15) is 0 Å². The van der Waals surface area contributed by atoms with Gasteiger partial charge in [-0.2, -0.15) is 0 Å². The lowest BCUT2D eigenvalue weighted by Gasteiger charge is -2.16. The standard InChI is InChI=1S/C24H24N2O7S/c1-15-12-17(10-11-19(15)25-23(27)16-8-6-5-7-9-16)34(29,30)26-20-14-22(32-3)21(31-2)13-18(20)24(28)33-4/h5-14,26H,1-4H3,(H,25,27). The van der Waals surface area contributed by atoms with Crippen molar-refractivity contribution in [1.29, 1.82) is 0 Å². The highest BCUT2D eigenvalue weighted by Gasteiger charge is 2.23. The summed E-state index contributed by atoms with van der Waals surface area (Å²) in [6.07, 6.45) is 0. The van der Waals surface area contributed by atoms with E-state index in [9.17, 15) is 18.0 Å². The van der Waals surface area contributed by atoms with Crippen LogP contribution in [0.2, 0.25) is 0 Å². The van der Waals surface area contributed by atoms with Gasteiger partial charge in [-0.3, -0.25) is 9.52 Å². The fourth-order valence-corrected chi connectivity index (χ4v) is 4.33. The number of aryl methyl sites for hydroxylation is 1. The van der Waals surface area contributed by atoms with Crippen LogP contribution in [0.3, 0.4) is 0 Å². The second-order valence-corrected chi connectivity index (χ2v) is 8.83. The molecule has 0 aliphatic heterocycles. The second-order valence-electron chi connectivity index (χ2n) is 7.15. The second kappa shape index (κ2) is 10.3. The molecule has 2 N–H and O–H groups in total. The Bertz CT molecular complexity index is 1320. The van der Waals surface area contributed by atoms with E-state index in [4.69, 9.17) is 14.2 Å². The molecule has 10 heteroatoms. The number of sulfonamides is 1. The van der Waals surface area contributed by atoms with Gasteiger partial charge in [-0.15, -0.1) is 0 Å². The molecule has 0 aromatic heterocycles. The minimum Gasteiger partial charge on any atom is -0.493 e. The first-order chi connectivity index (χ1) is 16.2. The lowest BCUT2D eigenvalue weighted by atomic mass is 10.1. The summed E-state index contributed by atoms with van der Waals surface area (Å²) < 4.78 is 43.8. The molecular weight excluding hydrogens is 460 g/mol. The minimum atomic E-state index is -4.11. The van der Waals surface area contributed by atoms with Crippen LogP contribution in [-0.2, 0) is 14.8 Å². The highest BCUT2D eigenvalue weighted by Crippen LogP contribution is 2.35. The molecule has 0 unspecified atom stereocenters. The zero-order valence-electron chi connectivity index (χ0n) is 19.0. The van der Waals surface area contributed by atoms with Crippen LogP contribution in [0.1, 0.15) is 26.3 Å². The quantitative estimate of drug-likeness (QED) is 0.466. The van der Waals surface area contributed by atoms with Gasteiger partial charge >= 0.3 is 5.97 Å². The van der Waals surface area contributed by atoms with E-state index in [1.165, 1.54) is 51.7 Å². The molecule has 0 radical (unpaired) electrons. The number of hydrogen-bond acceptors (Lipinski definition) is 7. The largest absolute Gasteiger partial charge is 0.493 e. The molecule has 0 aliphatic rings. The Labute approximate surface area is 197 Å². The summed E-state index contributed by atoms with van der Waals surface area (Å²) >= 11 is 0. The van der Waals surface area contributed by atoms with Crippen LogP contribution in [0, 0.1) is 6.92 Å². The molecule has 3 aromatic carbocycles. The van der Waals surface area contributed by atoms with Crippen LogP contribution in [0.5, 0.6) is 11.5 Å². The van der Waals surface area contributed by atoms with E-state index in [-0.39, 0.29) is 33.6 Å². The molecule has 0 atom stereocenters. The Balaban J connectivity index is 1.91.